The van der Waals surface area contributed by atoms with Gasteiger partial charge < -0.3 is 19.4 Å². The molecule has 12 heteroatoms. The molecule has 0 fully saturated rings. The summed E-state index contributed by atoms with van der Waals surface area (Å²) >= 11 is 5.95. The predicted octanol–water partition coefficient (Wildman–Crippen LogP) is 3.62. The minimum atomic E-state index is -2.65. The fourth-order valence-electron chi connectivity index (χ4n) is 3.29. The summed E-state index contributed by atoms with van der Waals surface area (Å²) in [4.78, 5) is 29.2. The molecule has 0 bridgehead atoms. The molecule has 0 aliphatic rings. The highest BCUT2D eigenvalue weighted by Gasteiger charge is 2.22. The number of aryl methyl sites for hydroxylation is 1. The number of nitrogens with one attached hydrogen (secondary N) is 1. The second kappa shape index (κ2) is 11.9. The number of esters is 1. The van der Waals surface area contributed by atoms with E-state index in [9.17, 15) is 13.6 Å². The number of hydrogen-bond acceptors (Lipinski definition) is 8. The quantitative estimate of drug-likeness (QED) is 0.318. The molecule has 0 saturated heterocycles. The first-order valence-electron chi connectivity index (χ1n) is 10.5. The van der Waals surface area contributed by atoms with Gasteiger partial charge in [-0.15, -0.1) is 0 Å². The predicted molar refractivity (Wildman–Crippen MR) is 121 cm³/mol. The van der Waals surface area contributed by atoms with Crippen LogP contribution >= 0.6 is 11.6 Å². The monoisotopic (exact) mass is 494 g/mol. The van der Waals surface area contributed by atoms with E-state index < -0.39 is 12.4 Å². The van der Waals surface area contributed by atoms with Crippen LogP contribution in [0.15, 0.2) is 30.6 Å². The fourth-order valence-corrected chi connectivity index (χ4v) is 3.42. The van der Waals surface area contributed by atoms with Crippen molar-refractivity contribution in [2.45, 2.75) is 39.4 Å². The van der Waals surface area contributed by atoms with E-state index >= 15 is 0 Å². The van der Waals surface area contributed by atoms with Crippen molar-refractivity contribution in [3.05, 3.63) is 58.7 Å². The minimum absolute atomic E-state index is 0.0605. The Bertz CT molecular complexity index is 1130. The average molecular weight is 495 g/mol. The standard InChI is InChI=1S/C22H25ClF2N6O3/c1-4-34-21(32)20-29-17(18-13(2)8-27-22(23)30-18)11-31(20)10-15(12-33-3)26-9-14-6-5-7-16(28-14)19(24)25/h5-8,11,15,19,26H,4,9-10,12H2,1-3H3/t15-/m1/s1. The Morgan fingerprint density at radius 3 is 2.76 bits per heavy atom. The van der Waals surface area contributed by atoms with Gasteiger partial charge in [-0.3, -0.25) is 4.98 Å². The van der Waals surface area contributed by atoms with Crippen LogP contribution in [0.4, 0.5) is 8.78 Å². The smallest absolute Gasteiger partial charge is 0.374 e. The number of aromatic nitrogens is 5. The molecule has 0 aromatic carbocycles. The lowest BCUT2D eigenvalue weighted by Crippen LogP contribution is -2.37. The van der Waals surface area contributed by atoms with Gasteiger partial charge >= 0.3 is 5.97 Å². The van der Waals surface area contributed by atoms with Gasteiger partial charge in [-0.1, -0.05) is 6.07 Å². The summed E-state index contributed by atoms with van der Waals surface area (Å²) < 4.78 is 38.0. The van der Waals surface area contributed by atoms with Gasteiger partial charge in [0.25, 0.3) is 6.43 Å². The van der Waals surface area contributed by atoms with Crippen molar-refractivity contribution in [2.75, 3.05) is 20.3 Å². The molecule has 9 nitrogen and oxygen atoms in total. The van der Waals surface area contributed by atoms with Gasteiger partial charge in [0.15, 0.2) is 0 Å². The Balaban J connectivity index is 1.86. The van der Waals surface area contributed by atoms with Crippen LogP contribution in [0.5, 0.6) is 0 Å². The highest BCUT2D eigenvalue weighted by molar-refractivity contribution is 6.28. The van der Waals surface area contributed by atoms with Crippen LogP contribution in [-0.2, 0) is 22.6 Å². The molecule has 182 valence electrons. The first kappa shape index (κ1) is 25.6. The molecule has 3 aromatic heterocycles. The molecule has 0 unspecified atom stereocenters. The second-order valence-electron chi connectivity index (χ2n) is 7.38. The summed E-state index contributed by atoms with van der Waals surface area (Å²) in [5, 5.41) is 3.30. The fraction of sp³-hybridized carbons (Fsp3) is 0.409. The van der Waals surface area contributed by atoms with E-state index in [0.717, 1.165) is 5.56 Å². The molecule has 0 amide bonds. The SMILES string of the molecule is CCOC(=O)c1nc(-c2nc(Cl)ncc2C)cn1C[C@H](COC)NCc1cccc(C(F)F)n1. The molecular weight excluding hydrogens is 470 g/mol. The van der Waals surface area contributed by atoms with E-state index in [2.05, 4.69) is 25.3 Å². The topological polar surface area (TPSA) is 104 Å². The van der Waals surface area contributed by atoms with Crippen LogP contribution in [0, 0.1) is 6.92 Å². The molecule has 1 N–H and O–H groups in total. The van der Waals surface area contributed by atoms with Crippen molar-refractivity contribution in [2.24, 2.45) is 0 Å². The normalized spacial score (nSPS) is 12.2. The van der Waals surface area contributed by atoms with Crippen LogP contribution in [0.3, 0.4) is 0 Å². The third-order valence-corrected chi connectivity index (χ3v) is 5.01. The largest absolute Gasteiger partial charge is 0.460 e. The van der Waals surface area contributed by atoms with Gasteiger partial charge in [0.1, 0.15) is 11.4 Å². The van der Waals surface area contributed by atoms with Crippen molar-refractivity contribution in [3.63, 3.8) is 0 Å². The highest BCUT2D eigenvalue weighted by atomic mass is 35.5. The van der Waals surface area contributed by atoms with Crippen molar-refractivity contribution in [1.82, 2.24) is 29.8 Å². The zero-order chi connectivity index (χ0) is 24.7. The molecule has 0 aliphatic heterocycles. The Hall–Kier alpha value is -3.02. The summed E-state index contributed by atoms with van der Waals surface area (Å²) in [6.45, 7) is 4.49. The molecule has 3 aromatic rings. The maximum atomic E-state index is 13.0. The van der Waals surface area contributed by atoms with E-state index in [4.69, 9.17) is 21.1 Å². The van der Waals surface area contributed by atoms with Gasteiger partial charge in [-0.25, -0.2) is 28.5 Å². The number of hydrogen-bond donors (Lipinski definition) is 1. The molecule has 0 radical (unpaired) electrons. The lowest BCUT2D eigenvalue weighted by molar-refractivity contribution is 0.0504. The Morgan fingerprint density at radius 2 is 2.06 bits per heavy atom. The summed E-state index contributed by atoms with van der Waals surface area (Å²) in [5.41, 5.74) is 1.84. The van der Waals surface area contributed by atoms with Gasteiger partial charge in [0, 0.05) is 38.6 Å². The van der Waals surface area contributed by atoms with Crippen LogP contribution in [0.25, 0.3) is 11.4 Å². The molecule has 0 saturated carbocycles. The number of carbonyl (C=O) groups is 1. The van der Waals surface area contributed by atoms with Gasteiger partial charge in [-0.2, -0.15) is 0 Å². The number of pyridine rings is 1. The zero-order valence-electron chi connectivity index (χ0n) is 19.0. The third kappa shape index (κ3) is 6.52. The average Bonchev–Trinajstić information content (AvgIpc) is 3.23. The van der Waals surface area contributed by atoms with E-state index in [1.165, 1.54) is 12.1 Å². The van der Waals surface area contributed by atoms with Crippen molar-refractivity contribution >= 4 is 17.6 Å². The van der Waals surface area contributed by atoms with Crippen LogP contribution < -0.4 is 5.32 Å². The van der Waals surface area contributed by atoms with Crippen LogP contribution in [-0.4, -0.2) is 56.8 Å². The number of nitrogens with zero attached hydrogens (tertiary/aromatic N) is 5. The van der Waals surface area contributed by atoms with E-state index in [-0.39, 0.29) is 49.1 Å². The number of rotatable bonds is 11. The molecule has 3 heterocycles. The van der Waals surface area contributed by atoms with Gasteiger partial charge in [-0.05, 0) is 43.1 Å². The molecule has 34 heavy (non-hydrogen) atoms. The number of ether oxygens (including phenoxy) is 2. The van der Waals surface area contributed by atoms with Crippen LogP contribution in [0.1, 0.15) is 40.9 Å². The number of carbonyl (C=O) groups excluding carboxylic acids is 1. The van der Waals surface area contributed by atoms with E-state index in [1.807, 2.05) is 6.92 Å². The van der Waals surface area contributed by atoms with Crippen molar-refractivity contribution in [3.8, 4) is 11.4 Å². The van der Waals surface area contributed by atoms with Crippen LogP contribution in [0.2, 0.25) is 5.28 Å². The molecule has 1 atom stereocenters. The summed E-state index contributed by atoms with van der Waals surface area (Å²) in [7, 11) is 1.54. The Kier molecular flexibility index (Phi) is 8.97. The molecule has 0 aliphatic carbocycles. The third-order valence-electron chi connectivity index (χ3n) is 4.83. The Morgan fingerprint density at radius 1 is 1.26 bits per heavy atom. The van der Waals surface area contributed by atoms with E-state index in [0.29, 0.717) is 17.1 Å². The Labute approximate surface area is 200 Å². The first-order valence-corrected chi connectivity index (χ1v) is 10.9. The molecule has 3 rings (SSSR count). The van der Waals surface area contributed by atoms with E-state index in [1.54, 1.807) is 37.1 Å². The van der Waals surface area contributed by atoms with Crippen molar-refractivity contribution in [1.29, 1.82) is 0 Å². The van der Waals surface area contributed by atoms with Gasteiger partial charge in [0.2, 0.25) is 11.1 Å². The minimum Gasteiger partial charge on any atom is -0.460 e. The summed E-state index contributed by atoms with van der Waals surface area (Å²) in [6, 6.07) is 4.17. The lowest BCUT2D eigenvalue weighted by atomic mass is 10.2. The van der Waals surface area contributed by atoms with Gasteiger partial charge in [0.05, 0.1) is 24.6 Å². The zero-order valence-corrected chi connectivity index (χ0v) is 19.7. The number of imidazole rings is 1. The maximum absolute atomic E-state index is 13.0. The summed E-state index contributed by atoms with van der Waals surface area (Å²) in [6.07, 6.45) is 0.603. The second-order valence-corrected chi connectivity index (χ2v) is 7.72. The number of halogens is 3. The molecule has 0 spiro atoms. The highest BCUT2D eigenvalue weighted by Crippen LogP contribution is 2.22. The summed E-state index contributed by atoms with van der Waals surface area (Å²) in [5.74, 6) is -0.499. The molecular formula is C22H25ClF2N6O3. The van der Waals surface area contributed by atoms with Crippen molar-refractivity contribution < 1.29 is 23.0 Å². The number of methoxy groups -OCH3 is 1. The first-order chi connectivity index (χ1) is 16.3. The lowest BCUT2D eigenvalue weighted by Gasteiger charge is -2.19. The maximum Gasteiger partial charge on any atom is 0.374 e. The number of alkyl halides is 2.